The van der Waals surface area contributed by atoms with Crippen LogP contribution >= 0.6 is 11.8 Å². The van der Waals surface area contributed by atoms with E-state index in [1.807, 2.05) is 48.5 Å². The molecule has 0 bridgehead atoms. The van der Waals surface area contributed by atoms with Crippen molar-refractivity contribution in [1.82, 2.24) is 0 Å². The molecule has 0 radical (unpaired) electrons. The molecule has 0 fully saturated rings. The summed E-state index contributed by atoms with van der Waals surface area (Å²) in [5, 5.41) is 0.163. The number of nitrogens with two attached hydrogens (primary N) is 1. The van der Waals surface area contributed by atoms with Crippen LogP contribution in [0.4, 0.5) is 5.69 Å². The Morgan fingerprint density at radius 3 is 2.84 bits per heavy atom. The zero-order valence-electron chi connectivity index (χ0n) is 10.3. The van der Waals surface area contributed by atoms with Gasteiger partial charge in [0.25, 0.3) is 0 Å². The summed E-state index contributed by atoms with van der Waals surface area (Å²) in [6, 6.07) is 15.7. The third-order valence-electron chi connectivity index (χ3n) is 3.25. The van der Waals surface area contributed by atoms with E-state index < -0.39 is 0 Å². The van der Waals surface area contributed by atoms with E-state index in [9.17, 15) is 4.79 Å². The van der Waals surface area contributed by atoms with Gasteiger partial charge >= 0.3 is 0 Å². The number of hydrazine groups is 1. The summed E-state index contributed by atoms with van der Waals surface area (Å²) in [4.78, 5) is 13.2. The topological polar surface area (TPSA) is 55.1 Å². The van der Waals surface area contributed by atoms with E-state index in [-0.39, 0.29) is 11.0 Å². The maximum atomic E-state index is 12.2. The Kier molecular flexibility index (Phi) is 3.27. The van der Waals surface area contributed by atoms with E-state index in [1.54, 1.807) is 11.8 Å². The second-order valence-corrected chi connectivity index (χ2v) is 5.74. The lowest BCUT2D eigenvalue weighted by atomic mass is 10.0. The first kappa shape index (κ1) is 12.3. The lowest BCUT2D eigenvalue weighted by Gasteiger charge is -2.23. The minimum atomic E-state index is 0.163. The Labute approximate surface area is 116 Å². The fraction of sp³-hybridized carbons (Fsp3) is 0.133. The minimum absolute atomic E-state index is 0.163. The molecule has 2 aromatic carbocycles. The van der Waals surface area contributed by atoms with Crippen LogP contribution in [0.25, 0.3) is 0 Å². The summed E-state index contributed by atoms with van der Waals surface area (Å²) in [5.74, 6) is 5.64. The second kappa shape index (κ2) is 5.07. The van der Waals surface area contributed by atoms with Crippen molar-refractivity contribution >= 4 is 23.2 Å². The summed E-state index contributed by atoms with van der Waals surface area (Å²) in [5.41, 5.74) is 5.48. The molecule has 1 aliphatic rings. The minimum Gasteiger partial charge on any atom is -0.324 e. The molecule has 0 saturated heterocycles. The van der Waals surface area contributed by atoms with Crippen molar-refractivity contribution < 1.29 is 4.79 Å². The molecule has 1 aliphatic heterocycles. The SMILES string of the molecule is NNc1cccc(C2CC(=O)c3ccccc3S2)c1. The summed E-state index contributed by atoms with van der Waals surface area (Å²) in [6.45, 7) is 0. The maximum absolute atomic E-state index is 12.2. The van der Waals surface area contributed by atoms with Gasteiger partial charge < -0.3 is 5.43 Å². The highest BCUT2D eigenvalue weighted by Gasteiger charge is 2.26. The van der Waals surface area contributed by atoms with Crippen LogP contribution in [0.5, 0.6) is 0 Å². The third kappa shape index (κ3) is 2.37. The van der Waals surface area contributed by atoms with Gasteiger partial charge in [0, 0.05) is 27.8 Å². The molecular formula is C15H14N2OS. The summed E-state index contributed by atoms with van der Waals surface area (Å²) in [6.07, 6.45) is 0.537. The van der Waals surface area contributed by atoms with E-state index in [2.05, 4.69) is 5.43 Å². The van der Waals surface area contributed by atoms with Crippen molar-refractivity contribution in [2.24, 2.45) is 5.84 Å². The number of nitrogens with one attached hydrogen (secondary N) is 1. The maximum Gasteiger partial charge on any atom is 0.165 e. The standard InChI is InChI=1S/C15H14N2OS/c16-17-11-5-3-4-10(8-11)15-9-13(18)12-6-1-2-7-14(12)19-15/h1-8,15,17H,9,16H2. The highest BCUT2D eigenvalue weighted by atomic mass is 32.2. The number of hydrogen-bond donors (Lipinski definition) is 2. The molecule has 19 heavy (non-hydrogen) atoms. The predicted octanol–water partition coefficient (Wildman–Crippen LogP) is 3.39. The molecule has 1 heterocycles. The average Bonchev–Trinajstić information content (AvgIpc) is 2.47. The molecule has 2 aromatic rings. The Morgan fingerprint density at radius 2 is 2.00 bits per heavy atom. The number of hydrogen-bond acceptors (Lipinski definition) is 4. The highest BCUT2D eigenvalue weighted by molar-refractivity contribution is 7.99. The van der Waals surface area contributed by atoms with Crippen LogP contribution in [0.3, 0.4) is 0 Å². The number of fused-ring (bicyclic) bond motifs is 1. The first-order valence-electron chi connectivity index (χ1n) is 6.13. The summed E-state index contributed by atoms with van der Waals surface area (Å²) in [7, 11) is 0. The smallest absolute Gasteiger partial charge is 0.165 e. The van der Waals surface area contributed by atoms with Crippen LogP contribution in [-0.2, 0) is 0 Å². The zero-order chi connectivity index (χ0) is 13.2. The molecule has 3 rings (SSSR count). The molecule has 0 aliphatic carbocycles. The fourth-order valence-corrected chi connectivity index (χ4v) is 3.58. The van der Waals surface area contributed by atoms with Crippen molar-refractivity contribution in [3.05, 3.63) is 59.7 Å². The number of carbonyl (C=O) groups is 1. The van der Waals surface area contributed by atoms with Gasteiger partial charge in [0.15, 0.2) is 5.78 Å². The zero-order valence-corrected chi connectivity index (χ0v) is 11.1. The number of benzene rings is 2. The average molecular weight is 270 g/mol. The molecule has 3 N–H and O–H groups in total. The number of anilines is 1. The lowest BCUT2D eigenvalue weighted by molar-refractivity contribution is 0.0976. The van der Waals surface area contributed by atoms with Crippen molar-refractivity contribution in [1.29, 1.82) is 0 Å². The Balaban J connectivity index is 1.94. The molecule has 3 nitrogen and oxygen atoms in total. The number of Topliss-reactive ketones (excluding diaryl/α,β-unsaturated/α-hetero) is 1. The molecule has 1 unspecified atom stereocenters. The van der Waals surface area contributed by atoms with Gasteiger partial charge in [-0.25, -0.2) is 0 Å². The molecule has 0 amide bonds. The summed E-state index contributed by atoms with van der Waals surface area (Å²) >= 11 is 1.74. The number of carbonyl (C=O) groups excluding carboxylic acids is 1. The molecule has 0 spiro atoms. The number of rotatable bonds is 2. The number of thioether (sulfide) groups is 1. The molecular weight excluding hydrogens is 256 g/mol. The van der Waals surface area contributed by atoms with Crippen LogP contribution in [0, 0.1) is 0 Å². The van der Waals surface area contributed by atoms with Crippen LogP contribution in [0.2, 0.25) is 0 Å². The van der Waals surface area contributed by atoms with E-state index in [1.165, 1.54) is 0 Å². The Hall–Kier alpha value is -1.78. The van der Waals surface area contributed by atoms with Gasteiger partial charge in [0.1, 0.15) is 0 Å². The highest BCUT2D eigenvalue weighted by Crippen LogP contribution is 2.44. The van der Waals surface area contributed by atoms with Crippen LogP contribution < -0.4 is 11.3 Å². The third-order valence-corrected chi connectivity index (χ3v) is 4.59. The van der Waals surface area contributed by atoms with Gasteiger partial charge in [-0.15, -0.1) is 11.8 Å². The van der Waals surface area contributed by atoms with Crippen LogP contribution in [-0.4, -0.2) is 5.78 Å². The van der Waals surface area contributed by atoms with Crippen LogP contribution in [0.15, 0.2) is 53.4 Å². The monoisotopic (exact) mass is 270 g/mol. The molecule has 4 heteroatoms. The number of ketones is 1. The van der Waals surface area contributed by atoms with Gasteiger partial charge in [-0.1, -0.05) is 30.3 Å². The van der Waals surface area contributed by atoms with Crippen molar-refractivity contribution in [2.75, 3.05) is 5.43 Å². The normalized spacial score (nSPS) is 17.9. The fourth-order valence-electron chi connectivity index (χ4n) is 2.29. The van der Waals surface area contributed by atoms with Crippen molar-refractivity contribution in [3.63, 3.8) is 0 Å². The molecule has 0 aromatic heterocycles. The van der Waals surface area contributed by atoms with E-state index in [0.29, 0.717) is 6.42 Å². The Morgan fingerprint density at radius 1 is 1.16 bits per heavy atom. The largest absolute Gasteiger partial charge is 0.324 e. The second-order valence-electron chi connectivity index (χ2n) is 4.50. The van der Waals surface area contributed by atoms with Gasteiger partial charge in [0.2, 0.25) is 0 Å². The Bertz CT molecular complexity index is 627. The van der Waals surface area contributed by atoms with Gasteiger partial charge in [-0.3, -0.25) is 10.6 Å². The van der Waals surface area contributed by atoms with Gasteiger partial charge in [-0.2, -0.15) is 0 Å². The first-order chi connectivity index (χ1) is 9.28. The molecule has 0 saturated carbocycles. The van der Waals surface area contributed by atoms with E-state index in [4.69, 9.17) is 5.84 Å². The lowest BCUT2D eigenvalue weighted by Crippen LogP contribution is -2.12. The molecule has 96 valence electrons. The summed E-state index contributed by atoms with van der Waals surface area (Å²) < 4.78 is 0. The quantitative estimate of drug-likeness (QED) is 0.648. The first-order valence-corrected chi connectivity index (χ1v) is 7.01. The molecule has 1 atom stereocenters. The number of nitrogen functional groups attached to an aromatic ring is 1. The predicted molar refractivity (Wildman–Crippen MR) is 78.2 cm³/mol. The van der Waals surface area contributed by atoms with E-state index in [0.717, 1.165) is 21.7 Å². The van der Waals surface area contributed by atoms with E-state index >= 15 is 0 Å². The van der Waals surface area contributed by atoms with Crippen LogP contribution in [0.1, 0.15) is 27.6 Å². The van der Waals surface area contributed by atoms with Gasteiger partial charge in [-0.05, 0) is 23.8 Å². The van der Waals surface area contributed by atoms with Crippen molar-refractivity contribution in [3.8, 4) is 0 Å². The van der Waals surface area contributed by atoms with Crippen molar-refractivity contribution in [2.45, 2.75) is 16.6 Å². The van der Waals surface area contributed by atoms with Gasteiger partial charge in [0.05, 0.1) is 0 Å².